The summed E-state index contributed by atoms with van der Waals surface area (Å²) in [6.07, 6.45) is -0.715. The van der Waals surface area contributed by atoms with Crippen molar-refractivity contribution in [2.45, 2.75) is 13.0 Å². The molecular weight excluding hydrogens is 270 g/mol. The minimum absolute atomic E-state index is 0.105. The Balaban J connectivity index is 2.41. The van der Waals surface area contributed by atoms with Crippen molar-refractivity contribution in [2.75, 3.05) is 20.3 Å². The molecular formula is C16H19NO4. The normalized spacial score (nSPS) is 13.4. The monoisotopic (exact) mass is 289 g/mol. The smallest absolute Gasteiger partial charge is 0.136 e. The van der Waals surface area contributed by atoms with Gasteiger partial charge in [0.2, 0.25) is 0 Å². The lowest BCUT2D eigenvalue weighted by Gasteiger charge is -2.16. The van der Waals surface area contributed by atoms with E-state index in [2.05, 4.69) is 5.16 Å². The fraction of sp³-hybridized carbons (Fsp3) is 0.312. The maximum Gasteiger partial charge on any atom is 0.136 e. The first-order chi connectivity index (χ1) is 10.2. The molecule has 0 saturated heterocycles. The lowest BCUT2D eigenvalue weighted by atomic mass is 10.0. The number of aliphatic hydroxyl groups excluding tert-OH is 1. The summed E-state index contributed by atoms with van der Waals surface area (Å²) in [5, 5.41) is 23.9. The number of benzene rings is 2. The number of ether oxygens (including phenoxy) is 2. The van der Waals surface area contributed by atoms with Gasteiger partial charge < -0.3 is 19.8 Å². The van der Waals surface area contributed by atoms with E-state index in [1.165, 1.54) is 7.11 Å². The zero-order valence-electron chi connectivity index (χ0n) is 12.1. The Hall–Kier alpha value is -2.11. The predicted octanol–water partition coefficient (Wildman–Crippen LogP) is 2.42. The topological polar surface area (TPSA) is 71.3 Å². The average molecular weight is 289 g/mol. The van der Waals surface area contributed by atoms with Crippen molar-refractivity contribution in [1.82, 2.24) is 0 Å². The summed E-state index contributed by atoms with van der Waals surface area (Å²) >= 11 is 0. The SMILES string of the molecule is COCC(O)COc1c(C(C)=NO)ccc2ccccc12. The number of hydrogen-bond donors (Lipinski definition) is 2. The Bertz CT molecular complexity index is 639. The average Bonchev–Trinajstić information content (AvgIpc) is 2.52. The molecule has 0 aliphatic heterocycles. The number of hydrogen-bond acceptors (Lipinski definition) is 5. The fourth-order valence-corrected chi connectivity index (χ4v) is 2.16. The largest absolute Gasteiger partial charge is 0.489 e. The lowest BCUT2D eigenvalue weighted by Crippen LogP contribution is -2.23. The Morgan fingerprint density at radius 1 is 1.19 bits per heavy atom. The van der Waals surface area contributed by atoms with E-state index in [0.717, 1.165) is 10.8 Å². The molecule has 0 saturated carbocycles. The number of aliphatic hydroxyl groups is 1. The molecule has 0 heterocycles. The van der Waals surface area contributed by atoms with Gasteiger partial charge in [-0.25, -0.2) is 0 Å². The quantitative estimate of drug-likeness (QED) is 0.487. The standard InChI is InChI=1S/C16H19NO4/c1-11(17-19)14-8-7-12-5-3-4-6-15(12)16(14)21-10-13(18)9-20-2/h3-8,13,18-19H,9-10H2,1-2H3. The Kier molecular flexibility index (Phi) is 5.14. The van der Waals surface area contributed by atoms with Crippen LogP contribution in [0.25, 0.3) is 10.8 Å². The highest BCUT2D eigenvalue weighted by Crippen LogP contribution is 2.30. The van der Waals surface area contributed by atoms with Gasteiger partial charge in [0.15, 0.2) is 0 Å². The molecule has 0 fully saturated rings. The molecule has 0 radical (unpaired) electrons. The molecule has 0 aromatic heterocycles. The van der Waals surface area contributed by atoms with Crippen molar-refractivity contribution in [1.29, 1.82) is 0 Å². The summed E-state index contributed by atoms with van der Waals surface area (Å²) in [6, 6.07) is 11.5. The lowest BCUT2D eigenvalue weighted by molar-refractivity contribution is 0.0329. The maximum absolute atomic E-state index is 9.74. The van der Waals surface area contributed by atoms with Gasteiger partial charge in [0.1, 0.15) is 18.5 Å². The van der Waals surface area contributed by atoms with Crippen molar-refractivity contribution in [3.8, 4) is 5.75 Å². The summed E-state index contributed by atoms with van der Waals surface area (Å²) < 4.78 is 10.7. The van der Waals surface area contributed by atoms with E-state index < -0.39 is 6.10 Å². The molecule has 0 aliphatic rings. The minimum Gasteiger partial charge on any atom is -0.489 e. The second kappa shape index (κ2) is 7.06. The molecule has 0 bridgehead atoms. The summed E-state index contributed by atoms with van der Waals surface area (Å²) in [5.74, 6) is 0.596. The van der Waals surface area contributed by atoms with Gasteiger partial charge in [0.05, 0.1) is 12.3 Å². The molecule has 5 heteroatoms. The van der Waals surface area contributed by atoms with Gasteiger partial charge in [-0.3, -0.25) is 0 Å². The molecule has 1 atom stereocenters. The first-order valence-electron chi connectivity index (χ1n) is 6.68. The fourth-order valence-electron chi connectivity index (χ4n) is 2.16. The highest BCUT2D eigenvalue weighted by Gasteiger charge is 2.14. The van der Waals surface area contributed by atoms with Crippen LogP contribution in [0.3, 0.4) is 0 Å². The van der Waals surface area contributed by atoms with E-state index >= 15 is 0 Å². The van der Waals surface area contributed by atoms with Gasteiger partial charge in [-0.1, -0.05) is 35.5 Å². The van der Waals surface area contributed by atoms with Crippen LogP contribution in [0.2, 0.25) is 0 Å². The zero-order valence-corrected chi connectivity index (χ0v) is 12.1. The number of rotatable bonds is 6. The van der Waals surface area contributed by atoms with Crippen LogP contribution in [0, 0.1) is 0 Å². The first kappa shape index (κ1) is 15.3. The van der Waals surface area contributed by atoms with Gasteiger partial charge >= 0.3 is 0 Å². The molecule has 2 aromatic carbocycles. The molecule has 5 nitrogen and oxygen atoms in total. The highest BCUT2D eigenvalue weighted by atomic mass is 16.5. The van der Waals surface area contributed by atoms with Crippen molar-refractivity contribution < 1.29 is 19.8 Å². The summed E-state index contributed by atoms with van der Waals surface area (Å²) in [4.78, 5) is 0. The van der Waals surface area contributed by atoms with Crippen molar-refractivity contribution in [2.24, 2.45) is 5.16 Å². The van der Waals surface area contributed by atoms with E-state index in [1.54, 1.807) is 6.92 Å². The third-order valence-corrected chi connectivity index (χ3v) is 3.20. The molecule has 112 valence electrons. The molecule has 2 aromatic rings. The van der Waals surface area contributed by atoms with Crippen LogP contribution in [0.4, 0.5) is 0 Å². The van der Waals surface area contributed by atoms with Crippen molar-refractivity contribution >= 4 is 16.5 Å². The number of nitrogens with zero attached hydrogens (tertiary/aromatic N) is 1. The Morgan fingerprint density at radius 3 is 2.67 bits per heavy atom. The van der Waals surface area contributed by atoms with Crippen LogP contribution in [-0.4, -0.2) is 42.5 Å². The van der Waals surface area contributed by atoms with Gasteiger partial charge in [-0.15, -0.1) is 0 Å². The van der Waals surface area contributed by atoms with Crippen LogP contribution < -0.4 is 4.74 Å². The number of fused-ring (bicyclic) bond motifs is 1. The molecule has 21 heavy (non-hydrogen) atoms. The third-order valence-electron chi connectivity index (χ3n) is 3.20. The molecule has 0 aliphatic carbocycles. The summed E-state index contributed by atoms with van der Waals surface area (Å²) in [7, 11) is 1.52. The van der Waals surface area contributed by atoms with Crippen molar-refractivity contribution in [3.05, 3.63) is 42.0 Å². The van der Waals surface area contributed by atoms with Crippen LogP contribution in [0.5, 0.6) is 5.75 Å². The highest BCUT2D eigenvalue weighted by molar-refractivity contribution is 6.06. The van der Waals surface area contributed by atoms with E-state index in [9.17, 15) is 5.11 Å². The summed E-state index contributed by atoms with van der Waals surface area (Å²) in [6.45, 7) is 2.00. The molecule has 2 N–H and O–H groups in total. The Labute approximate surface area is 123 Å². The second-order valence-corrected chi connectivity index (χ2v) is 4.77. The maximum atomic E-state index is 9.74. The van der Waals surface area contributed by atoms with Gasteiger partial charge in [0, 0.05) is 18.1 Å². The second-order valence-electron chi connectivity index (χ2n) is 4.77. The molecule has 0 spiro atoms. The third kappa shape index (κ3) is 3.51. The van der Waals surface area contributed by atoms with Gasteiger partial charge in [-0.2, -0.15) is 0 Å². The van der Waals surface area contributed by atoms with Crippen LogP contribution in [0.15, 0.2) is 41.6 Å². The van der Waals surface area contributed by atoms with E-state index in [4.69, 9.17) is 14.7 Å². The van der Waals surface area contributed by atoms with Gasteiger partial charge in [-0.05, 0) is 18.4 Å². The van der Waals surface area contributed by atoms with Crippen molar-refractivity contribution in [3.63, 3.8) is 0 Å². The minimum atomic E-state index is -0.715. The predicted molar refractivity (Wildman–Crippen MR) is 81.3 cm³/mol. The molecule has 2 rings (SSSR count). The van der Waals surface area contributed by atoms with E-state index in [-0.39, 0.29) is 13.2 Å². The number of methoxy groups -OCH3 is 1. The Morgan fingerprint density at radius 2 is 1.95 bits per heavy atom. The van der Waals surface area contributed by atoms with Gasteiger partial charge in [0.25, 0.3) is 0 Å². The number of oxime groups is 1. The zero-order chi connectivity index (χ0) is 15.2. The van der Waals surface area contributed by atoms with Crippen LogP contribution >= 0.6 is 0 Å². The summed E-state index contributed by atoms with van der Waals surface area (Å²) in [5.41, 5.74) is 1.15. The molecule has 0 amide bonds. The van der Waals surface area contributed by atoms with Crippen LogP contribution in [-0.2, 0) is 4.74 Å². The van der Waals surface area contributed by atoms with E-state index in [1.807, 2.05) is 36.4 Å². The first-order valence-corrected chi connectivity index (χ1v) is 6.68. The van der Waals surface area contributed by atoms with E-state index in [0.29, 0.717) is 17.0 Å². The molecule has 1 unspecified atom stereocenters. The van der Waals surface area contributed by atoms with Crippen LogP contribution in [0.1, 0.15) is 12.5 Å².